The van der Waals surface area contributed by atoms with Crippen molar-refractivity contribution in [3.63, 3.8) is 0 Å². The fraction of sp³-hybridized carbons (Fsp3) is 0.194. The number of hydrogen-bond acceptors (Lipinski definition) is 5. The second-order valence-corrected chi connectivity index (χ2v) is 9.48. The van der Waals surface area contributed by atoms with E-state index in [0.717, 1.165) is 33.7 Å². The van der Waals surface area contributed by atoms with Gasteiger partial charge in [-0.25, -0.2) is 9.97 Å². The van der Waals surface area contributed by atoms with Crippen LogP contribution in [0.5, 0.6) is 5.75 Å². The fourth-order valence-corrected chi connectivity index (χ4v) is 4.94. The molecule has 1 aliphatic heterocycles. The summed E-state index contributed by atoms with van der Waals surface area (Å²) in [5.41, 5.74) is 5.34. The van der Waals surface area contributed by atoms with Gasteiger partial charge in [-0.3, -0.25) is 4.79 Å². The first-order valence-electron chi connectivity index (χ1n) is 12.9. The summed E-state index contributed by atoms with van der Waals surface area (Å²) in [7, 11) is 0. The molecule has 38 heavy (non-hydrogen) atoms. The van der Waals surface area contributed by atoms with Gasteiger partial charge in [0.05, 0.1) is 5.39 Å². The zero-order chi connectivity index (χ0) is 25.9. The molecule has 6 rings (SSSR count). The van der Waals surface area contributed by atoms with Crippen LogP contribution in [0.3, 0.4) is 0 Å². The number of aromatic nitrogens is 3. The van der Waals surface area contributed by atoms with E-state index in [1.54, 1.807) is 6.33 Å². The highest BCUT2D eigenvalue weighted by Gasteiger charge is 2.26. The molecule has 0 unspecified atom stereocenters. The largest absolute Gasteiger partial charge is 0.484 e. The van der Waals surface area contributed by atoms with Gasteiger partial charge in [0.15, 0.2) is 12.3 Å². The molecular formula is C31H29N5O2. The lowest BCUT2D eigenvalue weighted by Gasteiger charge is -2.35. The average Bonchev–Trinajstić information content (AvgIpc) is 3.37. The Morgan fingerprint density at radius 1 is 0.842 bits per heavy atom. The van der Waals surface area contributed by atoms with E-state index in [1.165, 1.54) is 5.56 Å². The van der Waals surface area contributed by atoms with Gasteiger partial charge < -0.3 is 19.1 Å². The van der Waals surface area contributed by atoms with Crippen LogP contribution in [0.15, 0.2) is 97.5 Å². The number of piperazine rings is 1. The van der Waals surface area contributed by atoms with Crippen LogP contribution in [0.4, 0.5) is 5.82 Å². The number of anilines is 1. The third-order valence-electron chi connectivity index (χ3n) is 7.00. The summed E-state index contributed by atoms with van der Waals surface area (Å²) in [6, 6.07) is 28.3. The maximum atomic E-state index is 12.8. The maximum Gasteiger partial charge on any atom is 0.260 e. The lowest BCUT2D eigenvalue weighted by Crippen LogP contribution is -2.50. The van der Waals surface area contributed by atoms with Crippen molar-refractivity contribution in [2.45, 2.75) is 6.92 Å². The first-order valence-corrected chi connectivity index (χ1v) is 12.9. The van der Waals surface area contributed by atoms with E-state index >= 15 is 0 Å². The number of aryl methyl sites for hydroxylation is 1. The molecule has 1 aliphatic rings. The summed E-state index contributed by atoms with van der Waals surface area (Å²) < 4.78 is 7.82. The number of nitrogens with zero attached hydrogens (tertiary/aromatic N) is 5. The summed E-state index contributed by atoms with van der Waals surface area (Å²) >= 11 is 0. The van der Waals surface area contributed by atoms with Gasteiger partial charge in [-0.2, -0.15) is 0 Å². The van der Waals surface area contributed by atoms with E-state index in [9.17, 15) is 4.79 Å². The fourth-order valence-electron chi connectivity index (χ4n) is 4.94. The first kappa shape index (κ1) is 23.7. The van der Waals surface area contributed by atoms with Crippen LogP contribution in [-0.4, -0.2) is 58.1 Å². The van der Waals surface area contributed by atoms with Crippen molar-refractivity contribution < 1.29 is 9.53 Å². The van der Waals surface area contributed by atoms with Crippen LogP contribution >= 0.6 is 0 Å². The molecule has 2 aromatic heterocycles. The number of rotatable bonds is 6. The van der Waals surface area contributed by atoms with Crippen molar-refractivity contribution in [2.75, 3.05) is 37.7 Å². The molecular weight excluding hydrogens is 474 g/mol. The summed E-state index contributed by atoms with van der Waals surface area (Å²) in [4.78, 5) is 26.4. The molecule has 0 N–H and O–H groups in total. The molecule has 5 aromatic rings. The highest BCUT2D eigenvalue weighted by atomic mass is 16.5. The minimum absolute atomic E-state index is 0.00293. The molecule has 1 fully saturated rings. The SMILES string of the molecule is Cc1ccc(-n2cc(-c3ccccc3)c3c(N4CCN(C(=O)COc5ccccc5)CC4)ncnc32)cc1. The third-order valence-corrected chi connectivity index (χ3v) is 7.00. The Balaban J connectivity index is 1.28. The third kappa shape index (κ3) is 4.70. The molecule has 7 heteroatoms. The van der Waals surface area contributed by atoms with E-state index in [2.05, 4.69) is 71.1 Å². The first-order chi connectivity index (χ1) is 18.7. The molecule has 3 aromatic carbocycles. The van der Waals surface area contributed by atoms with Gasteiger partial charge in [0.2, 0.25) is 0 Å². The van der Waals surface area contributed by atoms with Crippen molar-refractivity contribution >= 4 is 22.8 Å². The number of carbonyl (C=O) groups is 1. The lowest BCUT2D eigenvalue weighted by molar-refractivity contribution is -0.133. The Kier molecular flexibility index (Phi) is 6.48. The number of benzene rings is 3. The van der Waals surface area contributed by atoms with E-state index in [1.807, 2.05) is 41.3 Å². The minimum atomic E-state index is -0.00293. The van der Waals surface area contributed by atoms with Crippen LogP contribution < -0.4 is 9.64 Å². The Bertz CT molecular complexity index is 1540. The van der Waals surface area contributed by atoms with Crippen LogP contribution in [0.25, 0.3) is 27.8 Å². The van der Waals surface area contributed by atoms with E-state index in [-0.39, 0.29) is 12.5 Å². The van der Waals surface area contributed by atoms with Crippen molar-refractivity contribution in [3.8, 4) is 22.6 Å². The molecule has 0 aliphatic carbocycles. The molecule has 0 bridgehead atoms. The van der Waals surface area contributed by atoms with Crippen molar-refractivity contribution in [2.24, 2.45) is 0 Å². The van der Waals surface area contributed by atoms with Gasteiger partial charge in [0.25, 0.3) is 5.91 Å². The van der Waals surface area contributed by atoms with Gasteiger partial charge in [-0.15, -0.1) is 0 Å². The highest BCUT2D eigenvalue weighted by molar-refractivity contribution is 6.02. The Morgan fingerprint density at radius 3 is 2.24 bits per heavy atom. The van der Waals surface area contributed by atoms with E-state index < -0.39 is 0 Å². The van der Waals surface area contributed by atoms with Gasteiger partial charge in [0, 0.05) is 43.6 Å². The van der Waals surface area contributed by atoms with Crippen molar-refractivity contribution in [3.05, 3.63) is 103 Å². The molecule has 0 atom stereocenters. The molecule has 1 saturated heterocycles. The number of para-hydroxylation sites is 1. The van der Waals surface area contributed by atoms with Gasteiger partial charge in [-0.05, 0) is 36.8 Å². The standard InChI is InChI=1S/C31H29N5O2/c1-23-12-14-25(15-13-23)36-20-27(24-8-4-2-5-9-24)29-30(32-22-33-31(29)36)35-18-16-34(17-19-35)28(37)21-38-26-10-6-3-7-11-26/h2-15,20,22H,16-19,21H2,1H3. The number of carbonyl (C=O) groups excluding carboxylic acids is 1. The lowest BCUT2D eigenvalue weighted by atomic mass is 10.1. The summed E-state index contributed by atoms with van der Waals surface area (Å²) in [6.45, 7) is 4.73. The second kappa shape index (κ2) is 10.4. The number of fused-ring (bicyclic) bond motifs is 1. The predicted molar refractivity (Wildman–Crippen MR) is 150 cm³/mol. The number of hydrogen-bond donors (Lipinski definition) is 0. The monoisotopic (exact) mass is 503 g/mol. The quantitative estimate of drug-likeness (QED) is 0.322. The Labute approximate surface area is 221 Å². The molecule has 0 spiro atoms. The summed E-state index contributed by atoms with van der Waals surface area (Å²) in [6.07, 6.45) is 3.80. The van der Waals surface area contributed by atoms with E-state index in [0.29, 0.717) is 31.9 Å². The van der Waals surface area contributed by atoms with Crippen LogP contribution in [0, 0.1) is 6.92 Å². The van der Waals surface area contributed by atoms with Crippen LogP contribution in [-0.2, 0) is 4.79 Å². The molecule has 0 saturated carbocycles. The second-order valence-electron chi connectivity index (χ2n) is 9.48. The van der Waals surface area contributed by atoms with Crippen molar-refractivity contribution in [1.29, 1.82) is 0 Å². The molecule has 7 nitrogen and oxygen atoms in total. The van der Waals surface area contributed by atoms with Gasteiger partial charge in [-0.1, -0.05) is 66.2 Å². The number of amides is 1. The van der Waals surface area contributed by atoms with Gasteiger partial charge >= 0.3 is 0 Å². The maximum absolute atomic E-state index is 12.8. The topological polar surface area (TPSA) is 63.5 Å². The average molecular weight is 504 g/mol. The molecule has 3 heterocycles. The predicted octanol–water partition coefficient (Wildman–Crippen LogP) is 5.12. The van der Waals surface area contributed by atoms with E-state index in [4.69, 9.17) is 14.7 Å². The normalized spacial score (nSPS) is 13.6. The zero-order valence-electron chi connectivity index (χ0n) is 21.3. The molecule has 0 radical (unpaired) electrons. The Hall–Kier alpha value is -4.65. The summed E-state index contributed by atoms with van der Waals surface area (Å²) in [5.74, 6) is 1.60. The van der Waals surface area contributed by atoms with Crippen LogP contribution in [0.1, 0.15) is 5.56 Å². The minimum Gasteiger partial charge on any atom is -0.484 e. The zero-order valence-corrected chi connectivity index (χ0v) is 21.3. The summed E-state index contributed by atoms with van der Waals surface area (Å²) in [5, 5.41) is 1.02. The smallest absolute Gasteiger partial charge is 0.260 e. The molecule has 1 amide bonds. The van der Waals surface area contributed by atoms with Crippen molar-refractivity contribution in [1.82, 2.24) is 19.4 Å². The Morgan fingerprint density at radius 2 is 1.53 bits per heavy atom. The molecule has 190 valence electrons. The van der Waals surface area contributed by atoms with Gasteiger partial charge in [0.1, 0.15) is 17.9 Å². The van der Waals surface area contributed by atoms with Crippen LogP contribution in [0.2, 0.25) is 0 Å². The number of ether oxygens (including phenoxy) is 1. The highest BCUT2D eigenvalue weighted by Crippen LogP contribution is 2.37.